The maximum atomic E-state index is 6.36. The van der Waals surface area contributed by atoms with Crippen LogP contribution in [0, 0.1) is 13.8 Å². The van der Waals surface area contributed by atoms with Gasteiger partial charge in [0.05, 0.1) is 41.1 Å². The Kier molecular flexibility index (Phi) is 4.94. The molecule has 0 atom stereocenters. The Labute approximate surface area is 177 Å². The van der Waals surface area contributed by atoms with Gasteiger partial charge >= 0.3 is 0 Å². The van der Waals surface area contributed by atoms with Crippen LogP contribution in [0.25, 0.3) is 22.8 Å². The van der Waals surface area contributed by atoms with Crippen molar-refractivity contribution in [3.8, 4) is 28.5 Å². The second-order valence-corrected chi connectivity index (χ2v) is 7.34. The van der Waals surface area contributed by atoms with Gasteiger partial charge in [0, 0.05) is 16.9 Å². The fourth-order valence-electron chi connectivity index (χ4n) is 3.16. The topological polar surface area (TPSA) is 83.8 Å². The quantitative estimate of drug-likeness (QED) is 0.478. The summed E-state index contributed by atoms with van der Waals surface area (Å²) >= 11 is 12.4. The predicted molar refractivity (Wildman–Crippen MR) is 114 cm³/mol. The molecule has 0 fully saturated rings. The zero-order chi connectivity index (χ0) is 20.7. The third-order valence-electron chi connectivity index (χ3n) is 4.49. The van der Waals surface area contributed by atoms with E-state index in [0.717, 1.165) is 11.4 Å². The summed E-state index contributed by atoms with van der Waals surface area (Å²) in [5, 5.41) is 5.66. The summed E-state index contributed by atoms with van der Waals surface area (Å²) in [6, 6.07) is 8.88. The molecule has 29 heavy (non-hydrogen) atoms. The van der Waals surface area contributed by atoms with Gasteiger partial charge in [-0.05, 0) is 44.2 Å². The van der Waals surface area contributed by atoms with Crippen LogP contribution in [0.1, 0.15) is 11.5 Å². The van der Waals surface area contributed by atoms with Gasteiger partial charge in [-0.15, -0.1) is 5.10 Å². The van der Waals surface area contributed by atoms with Gasteiger partial charge in [0.15, 0.2) is 11.6 Å². The van der Waals surface area contributed by atoms with E-state index in [1.54, 1.807) is 42.4 Å². The molecule has 2 aromatic carbocycles. The number of rotatable bonds is 4. The highest BCUT2D eigenvalue weighted by atomic mass is 35.5. The first-order chi connectivity index (χ1) is 13.9. The van der Waals surface area contributed by atoms with Crippen molar-refractivity contribution in [3.05, 3.63) is 64.4 Å². The molecule has 0 saturated heterocycles. The van der Waals surface area contributed by atoms with Crippen LogP contribution < -0.4 is 10.5 Å². The van der Waals surface area contributed by atoms with Crippen molar-refractivity contribution in [1.82, 2.24) is 24.3 Å². The van der Waals surface area contributed by atoms with E-state index in [9.17, 15) is 0 Å². The predicted octanol–water partition coefficient (Wildman–Crippen LogP) is 4.63. The number of ether oxygens (including phenoxy) is 1. The molecule has 9 heteroatoms. The van der Waals surface area contributed by atoms with E-state index in [4.69, 9.17) is 33.7 Å². The van der Waals surface area contributed by atoms with Crippen LogP contribution in [0.5, 0.6) is 5.75 Å². The molecule has 0 bridgehead atoms. The standard InChI is InChI=1S/C20H18Cl2N6O/c1-11-9-27(10-24-11)17-7-5-15(23)18(19(17)29-3)20-25-12(2)28(26-20)16-6-4-13(21)8-14(16)22/h4-10H,23H2,1-3H3. The number of hydrogen-bond acceptors (Lipinski definition) is 5. The van der Waals surface area contributed by atoms with Crippen LogP contribution in [-0.4, -0.2) is 31.4 Å². The molecule has 0 aliphatic heterocycles. The Hall–Kier alpha value is -3.03. The molecule has 4 aromatic rings. The van der Waals surface area contributed by atoms with Gasteiger partial charge in [-0.25, -0.2) is 14.6 Å². The normalized spacial score (nSPS) is 11.1. The number of imidazole rings is 1. The zero-order valence-corrected chi connectivity index (χ0v) is 17.5. The summed E-state index contributed by atoms with van der Waals surface area (Å²) in [6.45, 7) is 3.76. The average Bonchev–Trinajstić information content (AvgIpc) is 3.27. The molecule has 148 valence electrons. The number of benzene rings is 2. The Morgan fingerprint density at radius 2 is 1.83 bits per heavy atom. The maximum Gasteiger partial charge on any atom is 0.187 e. The smallest absolute Gasteiger partial charge is 0.187 e. The fraction of sp³-hybridized carbons (Fsp3) is 0.150. The highest BCUT2D eigenvalue weighted by Gasteiger charge is 2.21. The lowest BCUT2D eigenvalue weighted by atomic mass is 10.1. The number of methoxy groups -OCH3 is 1. The van der Waals surface area contributed by atoms with Crippen LogP contribution >= 0.6 is 23.2 Å². The van der Waals surface area contributed by atoms with Crippen molar-refractivity contribution in [2.45, 2.75) is 13.8 Å². The monoisotopic (exact) mass is 428 g/mol. The Balaban J connectivity index is 1.89. The van der Waals surface area contributed by atoms with E-state index in [-0.39, 0.29) is 0 Å². The number of nitrogens with zero attached hydrogens (tertiary/aromatic N) is 5. The molecule has 0 aliphatic rings. The van der Waals surface area contributed by atoms with Crippen molar-refractivity contribution in [3.63, 3.8) is 0 Å². The molecular weight excluding hydrogens is 411 g/mol. The number of aryl methyl sites for hydroxylation is 2. The van der Waals surface area contributed by atoms with Crippen LogP contribution in [-0.2, 0) is 0 Å². The van der Waals surface area contributed by atoms with Crippen molar-refractivity contribution >= 4 is 28.9 Å². The first-order valence-electron chi connectivity index (χ1n) is 8.76. The van der Waals surface area contributed by atoms with Gasteiger partial charge in [0.2, 0.25) is 0 Å². The lowest BCUT2D eigenvalue weighted by Crippen LogP contribution is -2.03. The fourth-order valence-corrected chi connectivity index (χ4v) is 3.65. The molecule has 0 unspecified atom stereocenters. The number of nitrogen functional groups attached to an aromatic ring is 1. The van der Waals surface area contributed by atoms with Crippen LogP contribution in [0.3, 0.4) is 0 Å². The van der Waals surface area contributed by atoms with E-state index in [0.29, 0.717) is 44.4 Å². The third kappa shape index (κ3) is 3.43. The Morgan fingerprint density at radius 3 is 2.48 bits per heavy atom. The SMILES string of the molecule is COc1c(-n2cnc(C)c2)ccc(N)c1-c1nc(C)n(-c2ccc(Cl)cc2Cl)n1. The number of aromatic nitrogens is 5. The molecule has 0 amide bonds. The lowest BCUT2D eigenvalue weighted by molar-refractivity contribution is 0.414. The van der Waals surface area contributed by atoms with Gasteiger partial charge in [-0.2, -0.15) is 0 Å². The third-order valence-corrected chi connectivity index (χ3v) is 5.03. The molecule has 4 rings (SSSR count). The van der Waals surface area contributed by atoms with Crippen molar-refractivity contribution in [2.75, 3.05) is 12.8 Å². The molecule has 2 heterocycles. The minimum absolute atomic E-state index is 0.432. The summed E-state index contributed by atoms with van der Waals surface area (Å²) < 4.78 is 9.23. The summed E-state index contributed by atoms with van der Waals surface area (Å²) in [6.07, 6.45) is 3.63. The lowest BCUT2D eigenvalue weighted by Gasteiger charge is -2.14. The number of anilines is 1. The minimum atomic E-state index is 0.432. The molecule has 0 aliphatic carbocycles. The first-order valence-corrected chi connectivity index (χ1v) is 9.51. The van der Waals surface area contributed by atoms with Crippen molar-refractivity contribution < 1.29 is 4.74 Å². The summed E-state index contributed by atoms with van der Waals surface area (Å²) in [5.74, 6) is 1.64. The number of nitrogens with two attached hydrogens (primary N) is 1. The summed E-state index contributed by atoms with van der Waals surface area (Å²) in [7, 11) is 1.59. The van der Waals surface area contributed by atoms with Gasteiger partial charge in [0.25, 0.3) is 0 Å². The van der Waals surface area contributed by atoms with E-state index >= 15 is 0 Å². The molecule has 0 saturated carbocycles. The largest absolute Gasteiger partial charge is 0.494 e. The van der Waals surface area contributed by atoms with Gasteiger partial charge in [-0.3, -0.25) is 0 Å². The van der Waals surface area contributed by atoms with E-state index < -0.39 is 0 Å². The second-order valence-electron chi connectivity index (χ2n) is 6.49. The maximum absolute atomic E-state index is 6.36. The van der Waals surface area contributed by atoms with Crippen molar-refractivity contribution in [2.24, 2.45) is 0 Å². The average molecular weight is 429 g/mol. The second kappa shape index (κ2) is 7.42. The number of hydrogen-bond donors (Lipinski definition) is 1. The highest BCUT2D eigenvalue weighted by molar-refractivity contribution is 6.35. The van der Waals surface area contributed by atoms with Crippen LogP contribution in [0.4, 0.5) is 5.69 Å². The van der Waals surface area contributed by atoms with Crippen LogP contribution in [0.2, 0.25) is 10.0 Å². The Morgan fingerprint density at radius 1 is 1.07 bits per heavy atom. The minimum Gasteiger partial charge on any atom is -0.494 e. The zero-order valence-electron chi connectivity index (χ0n) is 16.0. The molecule has 0 radical (unpaired) electrons. The van der Waals surface area contributed by atoms with Crippen LogP contribution in [0.15, 0.2) is 42.9 Å². The molecule has 7 nitrogen and oxygen atoms in total. The number of halogens is 2. The van der Waals surface area contributed by atoms with Crippen molar-refractivity contribution in [1.29, 1.82) is 0 Å². The summed E-state index contributed by atoms with van der Waals surface area (Å²) in [4.78, 5) is 8.89. The molecule has 0 spiro atoms. The van der Waals surface area contributed by atoms with Gasteiger partial charge in [0.1, 0.15) is 5.82 Å². The molecule has 2 aromatic heterocycles. The Bertz CT molecular complexity index is 1210. The van der Waals surface area contributed by atoms with Gasteiger partial charge in [-0.1, -0.05) is 23.2 Å². The molecule has 2 N–H and O–H groups in total. The molecular formula is C20H18Cl2N6O. The van der Waals surface area contributed by atoms with E-state index in [1.807, 2.05) is 30.7 Å². The van der Waals surface area contributed by atoms with E-state index in [1.165, 1.54) is 0 Å². The summed E-state index contributed by atoms with van der Waals surface area (Å²) in [5.41, 5.74) is 9.74. The highest BCUT2D eigenvalue weighted by Crippen LogP contribution is 2.39. The first kappa shape index (κ1) is 19.3. The van der Waals surface area contributed by atoms with E-state index in [2.05, 4.69) is 15.1 Å². The van der Waals surface area contributed by atoms with Gasteiger partial charge < -0.3 is 15.0 Å².